The molecule has 1 nitrogen and oxygen atoms in total. The van der Waals surface area contributed by atoms with Crippen LogP contribution in [0.1, 0.15) is 22.3 Å². The van der Waals surface area contributed by atoms with Gasteiger partial charge in [0.1, 0.15) is 5.75 Å². The molecule has 0 aliphatic carbocycles. The first-order valence-corrected chi connectivity index (χ1v) is 7.74. The first-order chi connectivity index (χ1) is 11.3. The highest BCUT2D eigenvalue weighted by Crippen LogP contribution is 2.27. The minimum Gasteiger partial charge on any atom is -0.497 e. The fraction of sp³-hybridized carbons (Fsp3) is 0.0909. The lowest BCUT2D eigenvalue weighted by molar-refractivity contribution is 0.415. The molecule has 0 amide bonds. The monoisotopic (exact) mass is 300 g/mol. The summed E-state index contributed by atoms with van der Waals surface area (Å²) in [5, 5.41) is 0. The van der Waals surface area contributed by atoms with E-state index in [1.54, 1.807) is 7.11 Å². The van der Waals surface area contributed by atoms with E-state index in [0.29, 0.717) is 0 Å². The Hall–Kier alpha value is -2.80. The summed E-state index contributed by atoms with van der Waals surface area (Å²) in [4.78, 5) is 0. The van der Waals surface area contributed by atoms with Crippen molar-refractivity contribution in [2.75, 3.05) is 7.11 Å². The first-order valence-electron chi connectivity index (χ1n) is 7.74. The summed E-state index contributed by atoms with van der Waals surface area (Å²) in [6, 6.07) is 27.3. The number of methoxy groups -OCH3 is 1. The van der Waals surface area contributed by atoms with Crippen LogP contribution in [0.5, 0.6) is 5.75 Å². The van der Waals surface area contributed by atoms with Crippen LogP contribution in [0, 0.1) is 6.92 Å². The van der Waals surface area contributed by atoms with Crippen LogP contribution < -0.4 is 4.74 Å². The lowest BCUT2D eigenvalue weighted by Crippen LogP contribution is -1.90. The largest absolute Gasteiger partial charge is 0.497 e. The van der Waals surface area contributed by atoms with Gasteiger partial charge in [-0.1, -0.05) is 72.3 Å². The summed E-state index contributed by atoms with van der Waals surface area (Å²) in [5.74, 6) is 0.872. The van der Waals surface area contributed by atoms with Crippen molar-refractivity contribution in [2.45, 2.75) is 6.92 Å². The van der Waals surface area contributed by atoms with Crippen LogP contribution in [-0.4, -0.2) is 7.11 Å². The quantitative estimate of drug-likeness (QED) is 0.570. The molecule has 0 fully saturated rings. The lowest BCUT2D eigenvalue weighted by atomic mass is 9.95. The molecule has 0 saturated carbocycles. The van der Waals surface area contributed by atoms with Crippen molar-refractivity contribution < 1.29 is 4.74 Å². The van der Waals surface area contributed by atoms with E-state index in [2.05, 4.69) is 73.7 Å². The molecule has 0 heterocycles. The molecule has 0 aliphatic rings. The molecule has 114 valence electrons. The van der Waals surface area contributed by atoms with Crippen molar-refractivity contribution in [1.29, 1.82) is 0 Å². The minimum atomic E-state index is 0.872. The van der Waals surface area contributed by atoms with Crippen LogP contribution >= 0.6 is 0 Å². The molecule has 0 saturated heterocycles. The van der Waals surface area contributed by atoms with Gasteiger partial charge < -0.3 is 4.74 Å². The van der Waals surface area contributed by atoms with Gasteiger partial charge in [0.15, 0.2) is 0 Å². The molecule has 3 rings (SSSR count). The Labute approximate surface area is 137 Å². The molecule has 0 N–H and O–H groups in total. The zero-order chi connectivity index (χ0) is 16.1. The molecule has 0 unspecified atom stereocenters. The number of hydrogen-bond acceptors (Lipinski definition) is 1. The average Bonchev–Trinajstić information content (AvgIpc) is 2.62. The second-order valence-corrected chi connectivity index (χ2v) is 5.56. The Morgan fingerprint density at radius 2 is 1.30 bits per heavy atom. The average molecular weight is 300 g/mol. The predicted molar refractivity (Wildman–Crippen MR) is 97.6 cm³/mol. The number of hydrogen-bond donors (Lipinski definition) is 0. The second-order valence-electron chi connectivity index (χ2n) is 5.56. The van der Waals surface area contributed by atoms with Gasteiger partial charge in [-0.25, -0.2) is 0 Å². The summed E-state index contributed by atoms with van der Waals surface area (Å²) in [6.07, 6.45) is 2.23. The van der Waals surface area contributed by atoms with E-state index in [4.69, 9.17) is 4.74 Å². The zero-order valence-electron chi connectivity index (χ0n) is 13.5. The summed E-state index contributed by atoms with van der Waals surface area (Å²) in [7, 11) is 1.69. The summed E-state index contributed by atoms with van der Waals surface area (Å²) < 4.78 is 5.27. The van der Waals surface area contributed by atoms with E-state index in [9.17, 15) is 0 Å². The second kappa shape index (κ2) is 6.97. The Bertz CT molecular complexity index is 782. The molecule has 1 heteroatoms. The number of aryl methyl sites for hydroxylation is 1. The van der Waals surface area contributed by atoms with Crippen molar-refractivity contribution in [3.63, 3.8) is 0 Å². The lowest BCUT2D eigenvalue weighted by Gasteiger charge is -2.10. The van der Waals surface area contributed by atoms with Crippen LogP contribution in [0.25, 0.3) is 11.6 Å². The van der Waals surface area contributed by atoms with E-state index < -0.39 is 0 Å². The SMILES string of the molecule is COc1ccc(/C(=C\c2ccccc2)c2ccc(C)cc2)cc1. The van der Waals surface area contributed by atoms with Crippen molar-refractivity contribution in [2.24, 2.45) is 0 Å². The van der Waals surface area contributed by atoms with E-state index in [1.165, 1.54) is 27.8 Å². The maximum Gasteiger partial charge on any atom is 0.118 e. The van der Waals surface area contributed by atoms with Crippen molar-refractivity contribution in [1.82, 2.24) is 0 Å². The Morgan fingerprint density at radius 1 is 0.739 bits per heavy atom. The topological polar surface area (TPSA) is 9.23 Å². The molecule has 0 bridgehead atoms. The summed E-state index contributed by atoms with van der Waals surface area (Å²) in [6.45, 7) is 2.11. The van der Waals surface area contributed by atoms with E-state index in [0.717, 1.165) is 5.75 Å². The van der Waals surface area contributed by atoms with Crippen molar-refractivity contribution >= 4 is 11.6 Å². The van der Waals surface area contributed by atoms with Gasteiger partial charge in [-0.3, -0.25) is 0 Å². The fourth-order valence-corrected chi connectivity index (χ4v) is 2.55. The van der Waals surface area contributed by atoms with Gasteiger partial charge in [0.25, 0.3) is 0 Å². The third kappa shape index (κ3) is 3.70. The first kappa shape index (κ1) is 15.1. The standard InChI is InChI=1S/C22H20O/c1-17-8-10-19(11-9-17)22(16-18-6-4-3-5-7-18)20-12-14-21(23-2)15-13-20/h3-16H,1-2H3/b22-16-. The van der Waals surface area contributed by atoms with Gasteiger partial charge in [0.05, 0.1) is 7.11 Å². The molecule has 0 radical (unpaired) electrons. The number of rotatable bonds is 4. The molecular formula is C22H20O. The normalized spacial score (nSPS) is 11.3. The van der Waals surface area contributed by atoms with Gasteiger partial charge in [-0.15, -0.1) is 0 Å². The summed E-state index contributed by atoms with van der Waals surface area (Å²) >= 11 is 0. The highest BCUT2D eigenvalue weighted by atomic mass is 16.5. The number of ether oxygens (including phenoxy) is 1. The van der Waals surface area contributed by atoms with Crippen LogP contribution in [0.2, 0.25) is 0 Å². The smallest absolute Gasteiger partial charge is 0.118 e. The molecular weight excluding hydrogens is 280 g/mol. The molecule has 3 aromatic rings. The van der Waals surface area contributed by atoms with E-state index >= 15 is 0 Å². The molecule has 0 spiro atoms. The summed E-state index contributed by atoms with van der Waals surface area (Å²) in [5.41, 5.74) is 6.06. The van der Waals surface area contributed by atoms with Gasteiger partial charge in [0.2, 0.25) is 0 Å². The Balaban J connectivity index is 2.09. The number of benzene rings is 3. The predicted octanol–water partition coefficient (Wildman–Crippen LogP) is 5.59. The van der Waals surface area contributed by atoms with Crippen molar-refractivity contribution in [3.05, 3.63) is 101 Å². The third-order valence-electron chi connectivity index (χ3n) is 3.87. The third-order valence-corrected chi connectivity index (χ3v) is 3.87. The van der Waals surface area contributed by atoms with Crippen LogP contribution in [-0.2, 0) is 0 Å². The maximum absolute atomic E-state index is 5.27. The molecule has 0 atom stereocenters. The van der Waals surface area contributed by atoms with Crippen molar-refractivity contribution in [3.8, 4) is 5.75 Å². The van der Waals surface area contributed by atoms with Gasteiger partial charge >= 0.3 is 0 Å². The fourth-order valence-electron chi connectivity index (χ4n) is 2.55. The van der Waals surface area contributed by atoms with E-state index in [1.807, 2.05) is 18.2 Å². The van der Waals surface area contributed by atoms with Gasteiger partial charge in [-0.2, -0.15) is 0 Å². The highest BCUT2D eigenvalue weighted by molar-refractivity contribution is 5.91. The van der Waals surface area contributed by atoms with Crippen LogP contribution in [0.4, 0.5) is 0 Å². The van der Waals surface area contributed by atoms with Crippen LogP contribution in [0.3, 0.4) is 0 Å². The molecule has 0 aromatic heterocycles. The Kier molecular flexibility index (Phi) is 4.58. The molecule has 3 aromatic carbocycles. The zero-order valence-corrected chi connectivity index (χ0v) is 13.5. The minimum absolute atomic E-state index is 0.872. The van der Waals surface area contributed by atoms with E-state index in [-0.39, 0.29) is 0 Å². The molecule has 23 heavy (non-hydrogen) atoms. The van der Waals surface area contributed by atoms with Gasteiger partial charge in [-0.05, 0) is 47.4 Å². The van der Waals surface area contributed by atoms with Gasteiger partial charge in [0, 0.05) is 0 Å². The Morgan fingerprint density at radius 3 is 1.87 bits per heavy atom. The molecule has 0 aliphatic heterocycles. The van der Waals surface area contributed by atoms with Crippen LogP contribution in [0.15, 0.2) is 78.9 Å². The maximum atomic E-state index is 5.27. The highest BCUT2D eigenvalue weighted by Gasteiger charge is 2.06.